The van der Waals surface area contributed by atoms with Crippen molar-refractivity contribution in [3.63, 3.8) is 0 Å². The van der Waals surface area contributed by atoms with Gasteiger partial charge in [0.25, 0.3) is 0 Å². The average molecular weight is 341 g/mol. The lowest BCUT2D eigenvalue weighted by molar-refractivity contribution is 0.102. The van der Waals surface area contributed by atoms with Gasteiger partial charge < -0.3 is 16.0 Å². The van der Waals surface area contributed by atoms with Crippen LogP contribution in [0.3, 0.4) is 0 Å². The van der Waals surface area contributed by atoms with Gasteiger partial charge in [-0.05, 0) is 18.9 Å². The van der Waals surface area contributed by atoms with Gasteiger partial charge in [-0.3, -0.25) is 9.59 Å². The van der Waals surface area contributed by atoms with E-state index in [9.17, 15) is 9.59 Å². The number of nitrogens with one attached hydrogen (secondary N) is 2. The molecule has 1 fully saturated rings. The Morgan fingerprint density at radius 3 is 2.88 bits per heavy atom. The number of hydrogen-bond donors (Lipinski definition) is 3. The summed E-state index contributed by atoms with van der Waals surface area (Å²) in [5, 5.41) is 3.89. The van der Waals surface area contributed by atoms with E-state index in [4.69, 9.17) is 5.73 Å². The number of nitrogens with two attached hydrogens (primary N) is 1. The van der Waals surface area contributed by atoms with E-state index in [1.807, 2.05) is 0 Å². The molecule has 122 valence electrons. The van der Waals surface area contributed by atoms with Crippen LogP contribution in [0.1, 0.15) is 29.4 Å². The van der Waals surface area contributed by atoms with Crippen LogP contribution in [0.25, 0.3) is 21.5 Å². The molecule has 7 nitrogen and oxygen atoms in total. The minimum atomic E-state index is -0.225. The third kappa shape index (κ3) is 2.54. The molecule has 1 aliphatic rings. The van der Waals surface area contributed by atoms with Gasteiger partial charge in [-0.2, -0.15) is 0 Å². The zero-order valence-electron chi connectivity index (χ0n) is 12.9. The number of anilines is 2. The SMILES string of the molecule is CC(=O)c1sc2nc(NC3CC3)nc(-c3cc[nH]c(=O)c3)c2c1N. The van der Waals surface area contributed by atoms with Crippen LogP contribution in [0.15, 0.2) is 23.1 Å². The number of nitrogen functional groups attached to an aromatic ring is 1. The molecule has 0 radical (unpaired) electrons. The van der Waals surface area contributed by atoms with E-state index in [1.165, 1.54) is 24.3 Å². The van der Waals surface area contributed by atoms with Gasteiger partial charge in [-0.25, -0.2) is 9.97 Å². The fourth-order valence-electron chi connectivity index (χ4n) is 2.56. The van der Waals surface area contributed by atoms with Crippen molar-refractivity contribution in [2.24, 2.45) is 0 Å². The number of fused-ring (bicyclic) bond motifs is 1. The van der Waals surface area contributed by atoms with E-state index in [-0.39, 0.29) is 11.3 Å². The molecule has 0 saturated heterocycles. The van der Waals surface area contributed by atoms with E-state index in [2.05, 4.69) is 20.3 Å². The summed E-state index contributed by atoms with van der Waals surface area (Å²) in [6, 6.07) is 3.61. The Kier molecular flexibility index (Phi) is 3.34. The lowest BCUT2D eigenvalue weighted by atomic mass is 10.1. The normalized spacial score (nSPS) is 14.0. The van der Waals surface area contributed by atoms with Gasteiger partial charge in [-0.15, -0.1) is 11.3 Å². The number of Topliss-reactive ketones (excluding diaryl/α,β-unsaturated/α-hetero) is 1. The van der Waals surface area contributed by atoms with Crippen molar-refractivity contribution in [3.05, 3.63) is 33.6 Å². The number of H-pyrrole nitrogens is 1. The fraction of sp³-hybridized carbons (Fsp3) is 0.250. The monoisotopic (exact) mass is 341 g/mol. The van der Waals surface area contributed by atoms with Crippen LogP contribution in [0.4, 0.5) is 11.6 Å². The predicted octanol–water partition coefficient (Wildman–Crippen LogP) is 2.41. The minimum absolute atomic E-state index is 0.107. The van der Waals surface area contributed by atoms with Gasteiger partial charge in [0.2, 0.25) is 11.5 Å². The summed E-state index contributed by atoms with van der Waals surface area (Å²) >= 11 is 1.26. The number of aromatic nitrogens is 3. The van der Waals surface area contributed by atoms with Crippen LogP contribution >= 0.6 is 11.3 Å². The Hall–Kier alpha value is -2.74. The Morgan fingerprint density at radius 2 is 2.21 bits per heavy atom. The third-order valence-corrected chi connectivity index (χ3v) is 5.07. The molecule has 3 aromatic rings. The van der Waals surface area contributed by atoms with E-state index >= 15 is 0 Å². The molecule has 0 aromatic carbocycles. The molecule has 3 heterocycles. The number of carbonyl (C=O) groups is 1. The van der Waals surface area contributed by atoms with Crippen LogP contribution in [0, 0.1) is 0 Å². The Labute approximate surface area is 141 Å². The third-order valence-electron chi connectivity index (χ3n) is 3.87. The maximum atomic E-state index is 11.8. The molecule has 4 N–H and O–H groups in total. The Morgan fingerprint density at radius 1 is 1.42 bits per heavy atom. The zero-order chi connectivity index (χ0) is 16.8. The van der Waals surface area contributed by atoms with Crippen molar-refractivity contribution in [2.75, 3.05) is 11.1 Å². The molecular weight excluding hydrogens is 326 g/mol. The first-order chi connectivity index (χ1) is 11.5. The maximum absolute atomic E-state index is 11.8. The fourth-order valence-corrected chi connectivity index (χ4v) is 3.55. The molecule has 0 spiro atoms. The average Bonchev–Trinajstić information content (AvgIpc) is 3.28. The highest BCUT2D eigenvalue weighted by Crippen LogP contribution is 2.39. The zero-order valence-corrected chi connectivity index (χ0v) is 13.7. The largest absolute Gasteiger partial charge is 0.397 e. The second kappa shape index (κ2) is 5.41. The summed E-state index contributed by atoms with van der Waals surface area (Å²) in [5.74, 6) is 0.390. The van der Waals surface area contributed by atoms with Crippen LogP contribution in [-0.2, 0) is 0 Å². The minimum Gasteiger partial charge on any atom is -0.397 e. The molecule has 4 rings (SSSR count). The highest BCUT2D eigenvalue weighted by Gasteiger charge is 2.25. The van der Waals surface area contributed by atoms with Gasteiger partial charge in [0.15, 0.2) is 5.78 Å². The molecule has 0 amide bonds. The van der Waals surface area contributed by atoms with Crippen LogP contribution in [-0.4, -0.2) is 26.8 Å². The number of ketones is 1. The van der Waals surface area contributed by atoms with Gasteiger partial charge >= 0.3 is 0 Å². The molecule has 1 aliphatic carbocycles. The number of aromatic amines is 1. The smallest absolute Gasteiger partial charge is 0.248 e. The molecule has 0 aliphatic heterocycles. The first-order valence-electron chi connectivity index (χ1n) is 7.59. The number of pyridine rings is 1. The quantitative estimate of drug-likeness (QED) is 0.628. The second-order valence-corrected chi connectivity index (χ2v) is 6.84. The lowest BCUT2D eigenvalue weighted by Crippen LogP contribution is -2.07. The van der Waals surface area contributed by atoms with Crippen molar-refractivity contribution in [3.8, 4) is 11.3 Å². The standard InChI is InChI=1S/C16H15N5O2S/c1-7(22)14-12(17)11-13(8-4-5-18-10(23)6-8)20-16(19-9-2-3-9)21-15(11)24-14/h4-6,9H,2-3,17H2,1H3,(H,18,23)(H,19,20,21). The Bertz CT molecular complexity index is 1020. The van der Waals surface area contributed by atoms with Gasteiger partial charge in [0.1, 0.15) is 4.83 Å². The summed E-state index contributed by atoms with van der Waals surface area (Å²) in [6.07, 6.45) is 3.74. The first-order valence-corrected chi connectivity index (χ1v) is 8.41. The van der Waals surface area contributed by atoms with Crippen LogP contribution < -0.4 is 16.6 Å². The van der Waals surface area contributed by atoms with Crippen molar-refractivity contribution in [1.82, 2.24) is 15.0 Å². The number of thiophene rings is 1. The highest BCUT2D eigenvalue weighted by atomic mass is 32.1. The highest BCUT2D eigenvalue weighted by molar-refractivity contribution is 7.21. The van der Waals surface area contributed by atoms with E-state index in [1.54, 1.807) is 12.3 Å². The molecule has 24 heavy (non-hydrogen) atoms. The molecule has 0 bridgehead atoms. The molecular formula is C16H15N5O2S. The lowest BCUT2D eigenvalue weighted by Gasteiger charge is -2.08. The topological polar surface area (TPSA) is 114 Å². The van der Waals surface area contributed by atoms with Gasteiger partial charge in [0, 0.05) is 30.8 Å². The van der Waals surface area contributed by atoms with Crippen molar-refractivity contribution >= 4 is 39.0 Å². The second-order valence-electron chi connectivity index (χ2n) is 5.84. The van der Waals surface area contributed by atoms with Crippen molar-refractivity contribution < 1.29 is 4.79 Å². The molecule has 8 heteroatoms. The van der Waals surface area contributed by atoms with Crippen molar-refractivity contribution in [2.45, 2.75) is 25.8 Å². The molecule has 3 aromatic heterocycles. The molecule has 0 unspecified atom stereocenters. The summed E-state index contributed by atoms with van der Waals surface area (Å²) in [4.78, 5) is 36.3. The number of rotatable bonds is 4. The first kappa shape index (κ1) is 14.8. The Balaban J connectivity index is 2.00. The van der Waals surface area contributed by atoms with E-state index in [0.29, 0.717) is 44.0 Å². The summed E-state index contributed by atoms with van der Waals surface area (Å²) < 4.78 is 0. The maximum Gasteiger partial charge on any atom is 0.248 e. The number of nitrogens with zero attached hydrogens (tertiary/aromatic N) is 2. The number of carbonyl (C=O) groups excluding carboxylic acids is 1. The van der Waals surface area contributed by atoms with Crippen molar-refractivity contribution in [1.29, 1.82) is 0 Å². The summed E-state index contributed by atoms with van der Waals surface area (Å²) in [6.45, 7) is 1.48. The molecule has 0 atom stereocenters. The summed E-state index contributed by atoms with van der Waals surface area (Å²) in [7, 11) is 0. The molecule has 1 saturated carbocycles. The van der Waals surface area contributed by atoms with Crippen LogP contribution in [0.5, 0.6) is 0 Å². The van der Waals surface area contributed by atoms with Gasteiger partial charge in [-0.1, -0.05) is 0 Å². The predicted molar refractivity (Wildman–Crippen MR) is 94.5 cm³/mol. The van der Waals surface area contributed by atoms with E-state index in [0.717, 1.165) is 12.8 Å². The van der Waals surface area contributed by atoms with Gasteiger partial charge in [0.05, 0.1) is 21.6 Å². The summed E-state index contributed by atoms with van der Waals surface area (Å²) in [5.41, 5.74) is 7.54. The number of hydrogen-bond acceptors (Lipinski definition) is 7. The van der Waals surface area contributed by atoms with Crippen LogP contribution in [0.2, 0.25) is 0 Å². The van der Waals surface area contributed by atoms with E-state index < -0.39 is 0 Å².